The van der Waals surface area contributed by atoms with E-state index in [1.807, 2.05) is 12.2 Å². The Bertz CT molecular complexity index is 1320. The molecule has 0 aromatic rings. The Kier molecular flexibility index (Phi) is 6.97. The topological polar surface area (TPSA) is 88.5 Å². The van der Waals surface area contributed by atoms with E-state index in [9.17, 15) is 24.3 Å². The Balaban J connectivity index is 0.000000140. The number of rotatable bonds is 0. The molecule has 0 unspecified atom stereocenters. The molecule has 0 aromatic carbocycles. The highest BCUT2D eigenvalue weighted by Gasteiger charge is 2.62. The summed E-state index contributed by atoms with van der Waals surface area (Å²) < 4.78 is 0. The predicted molar refractivity (Wildman–Crippen MR) is 165 cm³/mol. The Morgan fingerprint density at radius 1 is 0.605 bits per heavy atom. The van der Waals surface area contributed by atoms with Crippen LogP contribution in [0.1, 0.15) is 124 Å². The first-order valence-electron chi connectivity index (χ1n) is 17.5. The van der Waals surface area contributed by atoms with E-state index in [4.69, 9.17) is 0 Å². The van der Waals surface area contributed by atoms with Crippen LogP contribution < -0.4 is 0 Å². The molecule has 8 aliphatic rings. The van der Waals surface area contributed by atoms with E-state index in [0.29, 0.717) is 59.8 Å². The highest BCUT2D eigenvalue weighted by molar-refractivity contribution is 5.93. The van der Waals surface area contributed by atoms with E-state index in [2.05, 4.69) is 27.7 Å². The molecular formula is C38H52O5. The molecule has 0 bridgehead atoms. The molecule has 11 atom stereocenters. The number of ketones is 4. The van der Waals surface area contributed by atoms with Crippen molar-refractivity contribution in [3.05, 3.63) is 23.3 Å². The van der Waals surface area contributed by atoms with E-state index in [-0.39, 0.29) is 39.5 Å². The zero-order valence-electron chi connectivity index (χ0n) is 26.9. The monoisotopic (exact) mass is 588 g/mol. The first kappa shape index (κ1) is 29.8. The van der Waals surface area contributed by atoms with Crippen molar-refractivity contribution in [2.24, 2.45) is 57.2 Å². The van der Waals surface area contributed by atoms with Crippen molar-refractivity contribution >= 4 is 23.1 Å². The molecular weight excluding hydrogens is 536 g/mol. The van der Waals surface area contributed by atoms with Gasteiger partial charge in [0.15, 0.2) is 11.6 Å². The number of allylic oxidation sites excluding steroid dienone is 2. The first-order chi connectivity index (χ1) is 20.3. The number of Topliss-reactive ketones (excluding diaryl/α,β-unsaturated/α-hetero) is 2. The second-order valence-corrected chi connectivity index (χ2v) is 17.0. The number of fused-ring (bicyclic) bond motifs is 10. The summed E-state index contributed by atoms with van der Waals surface area (Å²) in [5.41, 5.74) is 2.55. The lowest BCUT2D eigenvalue weighted by Crippen LogP contribution is -2.55. The van der Waals surface area contributed by atoms with Gasteiger partial charge in [0.25, 0.3) is 0 Å². The fourth-order valence-corrected chi connectivity index (χ4v) is 12.7. The van der Waals surface area contributed by atoms with Crippen molar-refractivity contribution in [2.45, 2.75) is 130 Å². The number of aliphatic hydroxyl groups excluding tert-OH is 1. The van der Waals surface area contributed by atoms with Gasteiger partial charge in [0, 0.05) is 42.4 Å². The molecule has 0 spiro atoms. The van der Waals surface area contributed by atoms with Crippen LogP contribution in [0.3, 0.4) is 0 Å². The Morgan fingerprint density at radius 3 is 1.91 bits per heavy atom. The molecule has 6 saturated carbocycles. The van der Waals surface area contributed by atoms with E-state index in [1.165, 1.54) is 24.0 Å². The second-order valence-electron chi connectivity index (χ2n) is 17.0. The number of carbonyl (C=O) groups excluding carboxylic acids is 4. The van der Waals surface area contributed by atoms with Gasteiger partial charge in [-0.3, -0.25) is 19.2 Å². The summed E-state index contributed by atoms with van der Waals surface area (Å²) in [6.07, 6.45) is 17.5. The summed E-state index contributed by atoms with van der Waals surface area (Å²) in [6, 6.07) is 0. The maximum atomic E-state index is 13.0. The summed E-state index contributed by atoms with van der Waals surface area (Å²) in [5, 5.41) is 10.4. The molecule has 0 saturated heterocycles. The highest BCUT2D eigenvalue weighted by atomic mass is 16.3. The molecule has 5 nitrogen and oxygen atoms in total. The third-order valence-corrected chi connectivity index (χ3v) is 15.3. The molecule has 6 fully saturated rings. The van der Waals surface area contributed by atoms with Crippen LogP contribution >= 0.6 is 0 Å². The van der Waals surface area contributed by atoms with Gasteiger partial charge in [0.2, 0.25) is 0 Å². The maximum absolute atomic E-state index is 13.0. The summed E-state index contributed by atoms with van der Waals surface area (Å²) in [4.78, 5) is 49.0. The predicted octanol–water partition coefficient (Wildman–Crippen LogP) is 7.15. The van der Waals surface area contributed by atoms with Gasteiger partial charge in [-0.15, -0.1) is 0 Å². The smallest absolute Gasteiger partial charge is 0.155 e. The van der Waals surface area contributed by atoms with Gasteiger partial charge >= 0.3 is 0 Å². The maximum Gasteiger partial charge on any atom is 0.155 e. The minimum Gasteiger partial charge on any atom is -0.393 e. The molecule has 43 heavy (non-hydrogen) atoms. The van der Waals surface area contributed by atoms with Gasteiger partial charge in [-0.25, -0.2) is 0 Å². The van der Waals surface area contributed by atoms with Gasteiger partial charge in [-0.05, 0) is 123 Å². The summed E-state index contributed by atoms with van der Waals surface area (Å²) in [7, 11) is 0. The zero-order valence-corrected chi connectivity index (χ0v) is 26.9. The van der Waals surface area contributed by atoms with E-state index < -0.39 is 0 Å². The van der Waals surface area contributed by atoms with Crippen LogP contribution in [0, 0.1) is 57.2 Å². The average Bonchev–Trinajstić information content (AvgIpc) is 3.43. The summed E-state index contributed by atoms with van der Waals surface area (Å²) in [5.74, 6) is 4.40. The van der Waals surface area contributed by atoms with Crippen LogP contribution in [0.25, 0.3) is 0 Å². The Labute approximate surface area is 257 Å². The van der Waals surface area contributed by atoms with E-state index in [1.54, 1.807) is 0 Å². The van der Waals surface area contributed by atoms with Crippen LogP contribution in [-0.2, 0) is 19.2 Å². The van der Waals surface area contributed by atoms with Crippen molar-refractivity contribution in [3.63, 3.8) is 0 Å². The van der Waals surface area contributed by atoms with Gasteiger partial charge in [-0.2, -0.15) is 0 Å². The molecule has 1 N–H and O–H groups in total. The Hall–Kier alpha value is -1.88. The zero-order chi connectivity index (χ0) is 30.5. The molecule has 8 aliphatic carbocycles. The second kappa shape index (κ2) is 10.1. The molecule has 0 aliphatic heterocycles. The molecule has 0 heterocycles. The molecule has 234 valence electrons. The number of carbonyl (C=O) groups is 4. The van der Waals surface area contributed by atoms with Gasteiger partial charge in [0.1, 0.15) is 11.6 Å². The van der Waals surface area contributed by atoms with Crippen molar-refractivity contribution < 1.29 is 24.3 Å². The standard InChI is InChI=1S/C19H26O3.C19H26O2/c1-18-8-7-12(20)9-11(18)3-4-13-14-5-6-16(22)19(14,2)10-15(21)17(13)18;1-18-9-7-13(20)11-12(18)3-4-14-15-5-6-17(21)19(15,2)10-8-16(14)18/h9,13-14,16-17,22H,3-8,10H2,1-2H3;11,14-16H,3-10H2,1-2H3/t13-,14-,16-,17+,18-,19-;14-,15-,16-,18-,19-/m00/s1. The van der Waals surface area contributed by atoms with Crippen molar-refractivity contribution in [1.29, 1.82) is 0 Å². The van der Waals surface area contributed by atoms with Crippen molar-refractivity contribution in [1.82, 2.24) is 0 Å². The van der Waals surface area contributed by atoms with Crippen LogP contribution in [0.15, 0.2) is 23.3 Å². The van der Waals surface area contributed by atoms with Gasteiger partial charge in [0.05, 0.1) is 6.10 Å². The normalized spacial score (nSPS) is 50.1. The largest absolute Gasteiger partial charge is 0.393 e. The third kappa shape index (κ3) is 4.25. The molecule has 0 radical (unpaired) electrons. The van der Waals surface area contributed by atoms with Crippen LogP contribution in [-0.4, -0.2) is 34.3 Å². The Morgan fingerprint density at radius 2 is 1.21 bits per heavy atom. The lowest BCUT2D eigenvalue weighted by molar-refractivity contribution is -0.148. The first-order valence-corrected chi connectivity index (χ1v) is 17.5. The lowest BCUT2D eigenvalue weighted by Gasteiger charge is -2.56. The minimum absolute atomic E-state index is 0.0246. The molecule has 5 heteroatoms. The number of aliphatic hydroxyl groups is 1. The number of hydrogen-bond acceptors (Lipinski definition) is 5. The van der Waals surface area contributed by atoms with Crippen LogP contribution in [0.4, 0.5) is 0 Å². The van der Waals surface area contributed by atoms with Gasteiger partial charge < -0.3 is 5.11 Å². The van der Waals surface area contributed by atoms with Crippen molar-refractivity contribution in [2.75, 3.05) is 0 Å². The molecule has 0 aromatic heterocycles. The van der Waals surface area contributed by atoms with Crippen molar-refractivity contribution in [3.8, 4) is 0 Å². The van der Waals surface area contributed by atoms with E-state index in [0.717, 1.165) is 70.6 Å². The van der Waals surface area contributed by atoms with Gasteiger partial charge in [-0.1, -0.05) is 38.8 Å². The molecule has 0 amide bonds. The SMILES string of the molecule is C[C@]12CC(=O)[C@H]3[C@@H](CCC4=CC(=O)CC[C@@]43C)[C@@H]1CC[C@@H]2O.C[C@]12CCC(=O)C=C1CC[C@@H]1[C@@H]2CC[C@]2(C)C(=O)CC[C@@H]12. The minimum atomic E-state index is -0.319. The van der Waals surface area contributed by atoms with Crippen LogP contribution in [0.2, 0.25) is 0 Å². The fraction of sp³-hybridized carbons (Fsp3) is 0.789. The fourth-order valence-electron chi connectivity index (χ4n) is 12.7. The summed E-state index contributed by atoms with van der Waals surface area (Å²) in [6.45, 7) is 8.98. The number of hydrogen-bond donors (Lipinski definition) is 1. The molecule has 8 rings (SSSR count). The summed E-state index contributed by atoms with van der Waals surface area (Å²) >= 11 is 0. The van der Waals surface area contributed by atoms with Crippen LogP contribution in [0.5, 0.6) is 0 Å². The third-order valence-electron chi connectivity index (χ3n) is 15.3. The van der Waals surface area contributed by atoms with E-state index >= 15 is 0 Å². The quantitative estimate of drug-likeness (QED) is 0.325. The average molecular weight is 589 g/mol. The highest BCUT2D eigenvalue weighted by Crippen LogP contribution is 2.65. The lowest BCUT2D eigenvalue weighted by atomic mass is 9.47.